The molecule has 0 amide bonds. The van der Waals surface area contributed by atoms with Gasteiger partial charge >= 0.3 is 0 Å². The summed E-state index contributed by atoms with van der Waals surface area (Å²) in [5.41, 5.74) is 5.93. The van der Waals surface area contributed by atoms with Gasteiger partial charge in [-0.25, -0.2) is 4.39 Å². The van der Waals surface area contributed by atoms with Crippen molar-refractivity contribution in [3.05, 3.63) is 34.6 Å². The van der Waals surface area contributed by atoms with E-state index in [9.17, 15) is 9.18 Å². The first kappa shape index (κ1) is 14.1. The van der Waals surface area contributed by atoms with Crippen molar-refractivity contribution in [3.63, 3.8) is 0 Å². The molecule has 3 nitrogen and oxygen atoms in total. The maximum absolute atomic E-state index is 13.4. The van der Waals surface area contributed by atoms with Crippen molar-refractivity contribution in [1.82, 2.24) is 0 Å². The van der Waals surface area contributed by atoms with Crippen LogP contribution >= 0.6 is 11.6 Å². The van der Waals surface area contributed by atoms with Crippen molar-refractivity contribution < 1.29 is 13.9 Å². The number of carbonyl (C=O) groups excluding carboxylic acids is 1. The molecule has 0 spiro atoms. The lowest BCUT2D eigenvalue weighted by molar-refractivity contribution is -0.120. The van der Waals surface area contributed by atoms with Gasteiger partial charge in [0.25, 0.3) is 0 Å². The minimum atomic E-state index is -0.631. The summed E-state index contributed by atoms with van der Waals surface area (Å²) in [6, 6.07) is 3.49. The van der Waals surface area contributed by atoms with Crippen molar-refractivity contribution in [2.45, 2.75) is 18.9 Å². The van der Waals surface area contributed by atoms with Gasteiger partial charge in [0.1, 0.15) is 5.82 Å². The smallest absolute Gasteiger partial charge is 0.154 e. The highest BCUT2D eigenvalue weighted by Gasteiger charge is 2.15. The van der Waals surface area contributed by atoms with Crippen LogP contribution in [-0.4, -0.2) is 25.5 Å². The number of halogens is 2. The zero-order chi connectivity index (χ0) is 12.8. The fourth-order valence-electron chi connectivity index (χ4n) is 1.40. The highest BCUT2D eigenvalue weighted by atomic mass is 35.5. The molecule has 5 heteroatoms. The number of hydrogen-bond donors (Lipinski definition) is 1. The third-order valence-electron chi connectivity index (χ3n) is 2.42. The summed E-state index contributed by atoms with van der Waals surface area (Å²) in [5, 5.41) is 0.402. The number of nitrogens with two attached hydrogens (primary N) is 1. The molecule has 1 unspecified atom stereocenters. The fourth-order valence-corrected chi connectivity index (χ4v) is 1.60. The molecule has 0 aromatic heterocycles. The zero-order valence-corrected chi connectivity index (χ0v) is 10.3. The third-order valence-corrected chi connectivity index (χ3v) is 2.65. The Morgan fingerprint density at radius 3 is 2.94 bits per heavy atom. The van der Waals surface area contributed by atoms with Crippen LogP contribution in [0.25, 0.3) is 0 Å². The normalized spacial score (nSPS) is 12.5. The average Bonchev–Trinajstić information content (AvgIpc) is 2.30. The molecular weight excluding hydrogens is 245 g/mol. The highest BCUT2D eigenvalue weighted by Crippen LogP contribution is 2.16. The molecule has 0 aliphatic rings. The number of methoxy groups -OCH3 is 1. The van der Waals surface area contributed by atoms with Crippen LogP contribution in [0, 0.1) is 5.82 Å². The zero-order valence-electron chi connectivity index (χ0n) is 9.58. The molecule has 1 aromatic carbocycles. The second kappa shape index (κ2) is 6.69. The first-order chi connectivity index (χ1) is 8.04. The van der Waals surface area contributed by atoms with Crippen molar-refractivity contribution in [2.24, 2.45) is 5.73 Å². The third kappa shape index (κ3) is 4.42. The lowest BCUT2D eigenvalue weighted by Crippen LogP contribution is -2.33. The van der Waals surface area contributed by atoms with Crippen LogP contribution < -0.4 is 5.73 Å². The van der Waals surface area contributed by atoms with Crippen molar-refractivity contribution in [1.29, 1.82) is 0 Å². The molecule has 0 heterocycles. The van der Waals surface area contributed by atoms with Crippen LogP contribution in [0.3, 0.4) is 0 Å². The Balaban J connectivity index is 2.64. The molecular formula is C12H15ClFNO2. The van der Waals surface area contributed by atoms with Crippen LogP contribution in [0.2, 0.25) is 5.02 Å². The molecule has 17 heavy (non-hydrogen) atoms. The fraction of sp³-hybridized carbons (Fsp3) is 0.417. The molecule has 0 bridgehead atoms. The summed E-state index contributed by atoms with van der Waals surface area (Å²) in [7, 11) is 1.54. The Hall–Kier alpha value is -0.970. The maximum Gasteiger partial charge on any atom is 0.154 e. The SMILES string of the molecule is COCCC(N)C(=O)Cc1cc(Cl)ccc1F. The van der Waals surface area contributed by atoms with Crippen LogP contribution in [0.5, 0.6) is 0 Å². The predicted octanol–water partition coefficient (Wildman–Crippen LogP) is 1.95. The van der Waals surface area contributed by atoms with Gasteiger partial charge in [0.15, 0.2) is 5.78 Å². The van der Waals surface area contributed by atoms with Gasteiger partial charge in [-0.05, 0) is 30.2 Å². The van der Waals surface area contributed by atoms with Gasteiger partial charge in [-0.3, -0.25) is 4.79 Å². The number of hydrogen-bond acceptors (Lipinski definition) is 3. The van der Waals surface area contributed by atoms with Gasteiger partial charge < -0.3 is 10.5 Å². The quantitative estimate of drug-likeness (QED) is 0.850. The Kier molecular flexibility index (Phi) is 5.55. The number of carbonyl (C=O) groups is 1. The molecule has 0 saturated carbocycles. The standard InChI is InChI=1S/C12H15ClFNO2/c1-17-5-4-11(15)12(16)7-8-6-9(13)2-3-10(8)14/h2-3,6,11H,4-5,7,15H2,1H3. The van der Waals surface area contributed by atoms with E-state index in [2.05, 4.69) is 0 Å². The molecule has 0 aliphatic heterocycles. The van der Waals surface area contributed by atoms with Gasteiger partial charge in [-0.15, -0.1) is 0 Å². The molecule has 1 rings (SSSR count). The summed E-state index contributed by atoms with van der Waals surface area (Å²) in [5.74, 6) is -0.662. The number of benzene rings is 1. The summed E-state index contributed by atoms with van der Waals surface area (Å²) in [4.78, 5) is 11.7. The minimum Gasteiger partial charge on any atom is -0.385 e. The second-order valence-corrected chi connectivity index (χ2v) is 4.20. The molecule has 94 valence electrons. The monoisotopic (exact) mass is 259 g/mol. The molecule has 1 aromatic rings. The molecule has 1 atom stereocenters. The average molecular weight is 260 g/mol. The lowest BCUT2D eigenvalue weighted by Gasteiger charge is -2.10. The lowest BCUT2D eigenvalue weighted by atomic mass is 10.0. The maximum atomic E-state index is 13.4. The summed E-state index contributed by atoms with van der Waals surface area (Å²) >= 11 is 5.73. The van der Waals surface area contributed by atoms with Crippen LogP contribution in [-0.2, 0) is 16.0 Å². The van der Waals surface area contributed by atoms with E-state index in [1.807, 2.05) is 0 Å². The Morgan fingerprint density at radius 1 is 1.59 bits per heavy atom. The summed E-state index contributed by atoms with van der Waals surface area (Å²) in [6.07, 6.45) is 0.384. The molecule has 0 saturated heterocycles. The van der Waals surface area contributed by atoms with Gasteiger partial charge in [0.05, 0.1) is 6.04 Å². The van der Waals surface area contributed by atoms with Gasteiger partial charge in [-0.1, -0.05) is 11.6 Å². The van der Waals surface area contributed by atoms with Crippen molar-refractivity contribution in [3.8, 4) is 0 Å². The number of Topliss-reactive ketones (excluding diaryl/α,β-unsaturated/α-hetero) is 1. The van der Waals surface area contributed by atoms with Crippen LogP contribution in [0.1, 0.15) is 12.0 Å². The highest BCUT2D eigenvalue weighted by molar-refractivity contribution is 6.30. The summed E-state index contributed by atoms with van der Waals surface area (Å²) < 4.78 is 18.2. The Morgan fingerprint density at radius 2 is 2.29 bits per heavy atom. The largest absolute Gasteiger partial charge is 0.385 e. The second-order valence-electron chi connectivity index (χ2n) is 3.77. The minimum absolute atomic E-state index is 0.0444. The van der Waals surface area contributed by atoms with E-state index in [1.165, 1.54) is 25.3 Å². The first-order valence-corrected chi connectivity index (χ1v) is 5.63. The predicted molar refractivity (Wildman–Crippen MR) is 64.6 cm³/mol. The van der Waals surface area contributed by atoms with Gasteiger partial charge in [-0.2, -0.15) is 0 Å². The Bertz CT molecular complexity index is 398. The number of ketones is 1. The number of ether oxygens (including phenoxy) is 1. The van der Waals surface area contributed by atoms with E-state index >= 15 is 0 Å². The van der Waals surface area contributed by atoms with E-state index in [4.69, 9.17) is 22.1 Å². The van der Waals surface area contributed by atoms with Crippen molar-refractivity contribution >= 4 is 17.4 Å². The van der Waals surface area contributed by atoms with E-state index < -0.39 is 11.9 Å². The molecule has 0 fully saturated rings. The molecule has 0 radical (unpaired) electrons. The molecule has 2 N–H and O–H groups in total. The Labute approximate surface area is 105 Å². The van der Waals surface area contributed by atoms with Crippen LogP contribution in [0.15, 0.2) is 18.2 Å². The van der Waals surface area contributed by atoms with E-state index in [1.54, 1.807) is 0 Å². The van der Waals surface area contributed by atoms with Gasteiger partial charge in [0.2, 0.25) is 0 Å². The first-order valence-electron chi connectivity index (χ1n) is 5.25. The summed E-state index contributed by atoms with van der Waals surface area (Å²) in [6.45, 7) is 0.408. The van der Waals surface area contributed by atoms with Gasteiger partial charge in [0, 0.05) is 25.2 Å². The van der Waals surface area contributed by atoms with E-state index in [-0.39, 0.29) is 17.8 Å². The van der Waals surface area contributed by atoms with E-state index in [0.717, 1.165) is 0 Å². The van der Waals surface area contributed by atoms with E-state index in [0.29, 0.717) is 18.1 Å². The topological polar surface area (TPSA) is 52.3 Å². The number of rotatable bonds is 6. The molecule has 0 aliphatic carbocycles. The van der Waals surface area contributed by atoms with Crippen LogP contribution in [0.4, 0.5) is 4.39 Å². The van der Waals surface area contributed by atoms with Crippen molar-refractivity contribution in [2.75, 3.05) is 13.7 Å².